The Morgan fingerprint density at radius 2 is 2.16 bits per heavy atom. The van der Waals surface area contributed by atoms with Gasteiger partial charge in [0.15, 0.2) is 0 Å². The summed E-state index contributed by atoms with van der Waals surface area (Å²) in [5.41, 5.74) is 1.83. The van der Waals surface area contributed by atoms with Crippen LogP contribution in [0.2, 0.25) is 0 Å². The molecular weight excluding hydrogens is 243 g/mol. The van der Waals surface area contributed by atoms with Gasteiger partial charge in [0.25, 0.3) is 0 Å². The molecule has 1 heterocycles. The lowest BCUT2D eigenvalue weighted by molar-refractivity contribution is 0.446. The molecule has 3 nitrogen and oxygen atoms in total. The van der Waals surface area contributed by atoms with Crippen LogP contribution in [0.25, 0.3) is 0 Å². The van der Waals surface area contributed by atoms with E-state index in [9.17, 15) is 4.39 Å². The van der Waals surface area contributed by atoms with Crippen LogP contribution in [0.3, 0.4) is 0 Å². The van der Waals surface area contributed by atoms with Crippen molar-refractivity contribution in [1.82, 2.24) is 10.3 Å². The van der Waals surface area contributed by atoms with E-state index in [2.05, 4.69) is 10.3 Å². The average molecular weight is 260 g/mol. The van der Waals surface area contributed by atoms with Crippen LogP contribution < -0.4 is 10.1 Å². The fourth-order valence-electron chi connectivity index (χ4n) is 1.70. The van der Waals surface area contributed by atoms with Crippen LogP contribution in [-0.2, 0) is 6.54 Å². The second kappa shape index (κ2) is 6.29. The van der Waals surface area contributed by atoms with E-state index >= 15 is 0 Å². The summed E-state index contributed by atoms with van der Waals surface area (Å²) in [7, 11) is 0. The fourth-order valence-corrected chi connectivity index (χ4v) is 1.70. The molecular formula is C15H17FN2O. The zero-order valence-electron chi connectivity index (χ0n) is 11.1. The SMILES string of the molecule is CCNCc1cccnc1Oc1cc(F)ccc1C. The summed E-state index contributed by atoms with van der Waals surface area (Å²) in [4.78, 5) is 4.21. The van der Waals surface area contributed by atoms with Crippen LogP contribution >= 0.6 is 0 Å². The summed E-state index contributed by atoms with van der Waals surface area (Å²) in [5.74, 6) is 0.693. The standard InChI is InChI=1S/C15H17FN2O/c1-3-17-10-12-5-4-8-18-15(12)19-14-9-13(16)7-6-11(14)2/h4-9,17H,3,10H2,1-2H3. The zero-order valence-corrected chi connectivity index (χ0v) is 11.1. The Morgan fingerprint density at radius 1 is 1.32 bits per heavy atom. The number of rotatable bonds is 5. The van der Waals surface area contributed by atoms with Gasteiger partial charge in [-0.25, -0.2) is 9.37 Å². The quantitative estimate of drug-likeness (QED) is 0.894. The van der Waals surface area contributed by atoms with Crippen LogP contribution in [0, 0.1) is 12.7 Å². The Morgan fingerprint density at radius 3 is 2.95 bits per heavy atom. The number of nitrogens with zero attached hydrogens (tertiary/aromatic N) is 1. The van der Waals surface area contributed by atoms with E-state index in [0.717, 1.165) is 17.7 Å². The topological polar surface area (TPSA) is 34.2 Å². The number of halogens is 1. The van der Waals surface area contributed by atoms with Crippen LogP contribution in [0.15, 0.2) is 36.5 Å². The van der Waals surface area contributed by atoms with Crippen molar-refractivity contribution in [1.29, 1.82) is 0 Å². The molecule has 100 valence electrons. The lowest BCUT2D eigenvalue weighted by Crippen LogP contribution is -2.12. The van der Waals surface area contributed by atoms with Crippen LogP contribution in [0.4, 0.5) is 4.39 Å². The highest BCUT2D eigenvalue weighted by molar-refractivity contribution is 5.37. The number of pyridine rings is 1. The highest BCUT2D eigenvalue weighted by Crippen LogP contribution is 2.26. The van der Waals surface area contributed by atoms with E-state index in [0.29, 0.717) is 18.2 Å². The molecule has 0 bridgehead atoms. The van der Waals surface area contributed by atoms with Gasteiger partial charge in [0.05, 0.1) is 0 Å². The molecule has 0 aliphatic carbocycles. The van der Waals surface area contributed by atoms with Gasteiger partial charge in [0.1, 0.15) is 11.6 Å². The minimum absolute atomic E-state index is 0.315. The summed E-state index contributed by atoms with van der Waals surface area (Å²) in [6.45, 7) is 5.46. The number of aryl methyl sites for hydroxylation is 1. The Kier molecular flexibility index (Phi) is 4.47. The normalized spacial score (nSPS) is 10.5. The molecule has 0 atom stereocenters. The first-order valence-electron chi connectivity index (χ1n) is 6.29. The molecule has 0 spiro atoms. The van der Waals surface area contributed by atoms with Gasteiger partial charge in [-0.05, 0) is 31.2 Å². The predicted octanol–water partition coefficient (Wildman–Crippen LogP) is 3.43. The lowest BCUT2D eigenvalue weighted by Gasteiger charge is -2.11. The molecule has 1 N–H and O–H groups in total. The first-order chi connectivity index (χ1) is 9.20. The van der Waals surface area contributed by atoms with Crippen molar-refractivity contribution < 1.29 is 9.13 Å². The Labute approximate surface area is 112 Å². The Bertz CT molecular complexity index is 558. The number of hydrogen-bond donors (Lipinski definition) is 1. The highest BCUT2D eigenvalue weighted by atomic mass is 19.1. The molecule has 4 heteroatoms. The van der Waals surface area contributed by atoms with E-state index in [-0.39, 0.29) is 5.82 Å². The summed E-state index contributed by atoms with van der Waals surface area (Å²) >= 11 is 0. The predicted molar refractivity (Wildman–Crippen MR) is 72.8 cm³/mol. The highest BCUT2D eigenvalue weighted by Gasteiger charge is 2.08. The van der Waals surface area contributed by atoms with Gasteiger partial charge < -0.3 is 10.1 Å². The van der Waals surface area contributed by atoms with Crippen molar-refractivity contribution in [3.05, 3.63) is 53.5 Å². The molecule has 1 aromatic heterocycles. The van der Waals surface area contributed by atoms with Crippen molar-refractivity contribution >= 4 is 0 Å². The number of benzene rings is 1. The van der Waals surface area contributed by atoms with Gasteiger partial charge >= 0.3 is 0 Å². The maximum Gasteiger partial charge on any atom is 0.223 e. The molecule has 0 aliphatic rings. The average Bonchev–Trinajstić information content (AvgIpc) is 2.42. The summed E-state index contributed by atoms with van der Waals surface area (Å²) in [6.07, 6.45) is 1.67. The van der Waals surface area contributed by atoms with Gasteiger partial charge in [0.2, 0.25) is 5.88 Å². The molecule has 19 heavy (non-hydrogen) atoms. The molecule has 2 rings (SSSR count). The zero-order chi connectivity index (χ0) is 13.7. The van der Waals surface area contributed by atoms with Gasteiger partial charge in [-0.3, -0.25) is 0 Å². The third kappa shape index (κ3) is 3.51. The first-order valence-corrected chi connectivity index (χ1v) is 6.29. The summed E-state index contributed by atoms with van der Waals surface area (Å²) in [6, 6.07) is 8.29. The smallest absolute Gasteiger partial charge is 0.223 e. The van der Waals surface area contributed by atoms with E-state index in [1.54, 1.807) is 12.3 Å². The number of nitrogens with one attached hydrogen (secondary N) is 1. The van der Waals surface area contributed by atoms with Crippen molar-refractivity contribution in [2.45, 2.75) is 20.4 Å². The molecule has 0 amide bonds. The van der Waals surface area contributed by atoms with Crippen LogP contribution in [0.5, 0.6) is 11.6 Å². The fraction of sp³-hybridized carbons (Fsp3) is 0.267. The molecule has 0 saturated carbocycles. The molecule has 0 saturated heterocycles. The largest absolute Gasteiger partial charge is 0.438 e. The summed E-state index contributed by atoms with van der Waals surface area (Å²) in [5, 5.41) is 3.22. The van der Waals surface area contributed by atoms with E-state index in [4.69, 9.17) is 4.74 Å². The monoisotopic (exact) mass is 260 g/mol. The third-order valence-electron chi connectivity index (χ3n) is 2.77. The summed E-state index contributed by atoms with van der Waals surface area (Å²) < 4.78 is 19.0. The van der Waals surface area contributed by atoms with Gasteiger partial charge in [-0.15, -0.1) is 0 Å². The second-order valence-electron chi connectivity index (χ2n) is 4.26. The third-order valence-corrected chi connectivity index (χ3v) is 2.77. The maximum atomic E-state index is 13.2. The molecule has 0 fully saturated rings. The van der Waals surface area contributed by atoms with E-state index in [1.807, 2.05) is 26.0 Å². The molecule has 2 aromatic rings. The second-order valence-corrected chi connectivity index (χ2v) is 4.26. The Balaban J connectivity index is 2.25. The Hall–Kier alpha value is -1.94. The van der Waals surface area contributed by atoms with Crippen molar-refractivity contribution in [3.8, 4) is 11.6 Å². The van der Waals surface area contributed by atoms with Gasteiger partial charge in [-0.1, -0.05) is 19.1 Å². The minimum atomic E-state index is -0.315. The van der Waals surface area contributed by atoms with Gasteiger partial charge in [-0.2, -0.15) is 0 Å². The molecule has 1 aromatic carbocycles. The number of hydrogen-bond acceptors (Lipinski definition) is 3. The maximum absolute atomic E-state index is 13.2. The minimum Gasteiger partial charge on any atom is -0.438 e. The number of aromatic nitrogens is 1. The van der Waals surface area contributed by atoms with Crippen LogP contribution in [0.1, 0.15) is 18.1 Å². The lowest BCUT2D eigenvalue weighted by atomic mass is 10.2. The van der Waals surface area contributed by atoms with Crippen molar-refractivity contribution in [2.75, 3.05) is 6.54 Å². The number of ether oxygens (including phenoxy) is 1. The molecule has 0 radical (unpaired) electrons. The molecule has 0 unspecified atom stereocenters. The van der Waals surface area contributed by atoms with E-state index in [1.165, 1.54) is 12.1 Å². The van der Waals surface area contributed by atoms with Crippen LogP contribution in [-0.4, -0.2) is 11.5 Å². The van der Waals surface area contributed by atoms with Crippen molar-refractivity contribution in [3.63, 3.8) is 0 Å². The molecule has 0 aliphatic heterocycles. The van der Waals surface area contributed by atoms with E-state index < -0.39 is 0 Å². The van der Waals surface area contributed by atoms with Crippen molar-refractivity contribution in [2.24, 2.45) is 0 Å². The van der Waals surface area contributed by atoms with Gasteiger partial charge in [0, 0.05) is 24.4 Å². The first kappa shape index (κ1) is 13.5.